The van der Waals surface area contributed by atoms with Crippen LogP contribution in [-0.4, -0.2) is 16.8 Å². The van der Waals surface area contributed by atoms with E-state index < -0.39 is 0 Å². The van der Waals surface area contributed by atoms with Crippen LogP contribution in [0.1, 0.15) is 18.9 Å². The number of phenolic OH excluding ortho intramolecular Hbond substituents is 1. The van der Waals surface area contributed by atoms with Crippen molar-refractivity contribution in [2.75, 3.05) is 6.61 Å². The lowest BCUT2D eigenvalue weighted by molar-refractivity contribution is 0.230. The lowest BCUT2D eigenvalue weighted by Gasteiger charge is -2.06. The van der Waals surface area contributed by atoms with E-state index in [9.17, 15) is 0 Å². The summed E-state index contributed by atoms with van der Waals surface area (Å²) in [6.45, 7) is 2.28. The molecule has 0 aliphatic carbocycles. The van der Waals surface area contributed by atoms with Gasteiger partial charge >= 0.3 is 0 Å². The Morgan fingerprint density at radius 1 is 1.23 bits per heavy atom. The Morgan fingerprint density at radius 2 is 1.85 bits per heavy atom. The van der Waals surface area contributed by atoms with Crippen molar-refractivity contribution in [2.45, 2.75) is 19.8 Å². The number of hydrogen-bond donors (Lipinski definition) is 2. The van der Waals surface area contributed by atoms with Gasteiger partial charge in [-0.2, -0.15) is 0 Å². The third kappa shape index (κ3) is 3.47. The third-order valence-electron chi connectivity index (χ3n) is 2.17. The van der Waals surface area contributed by atoms with E-state index in [-0.39, 0.29) is 6.61 Å². The van der Waals surface area contributed by atoms with Crippen molar-refractivity contribution in [2.24, 2.45) is 5.92 Å². The molecule has 0 spiro atoms. The molecule has 2 nitrogen and oxygen atoms in total. The Balaban J connectivity index is 2.41. The second kappa shape index (κ2) is 4.87. The Hall–Kier alpha value is -1.02. The summed E-state index contributed by atoms with van der Waals surface area (Å²) in [7, 11) is 0. The van der Waals surface area contributed by atoms with Gasteiger partial charge in [-0.25, -0.2) is 0 Å². The smallest absolute Gasteiger partial charge is 0.115 e. The van der Waals surface area contributed by atoms with Gasteiger partial charge in [0.05, 0.1) is 0 Å². The molecular weight excluding hydrogens is 164 g/mol. The fourth-order valence-electron chi connectivity index (χ4n) is 1.17. The van der Waals surface area contributed by atoms with Crippen LogP contribution in [-0.2, 0) is 6.42 Å². The quantitative estimate of drug-likeness (QED) is 0.743. The zero-order valence-corrected chi connectivity index (χ0v) is 7.90. The molecule has 0 heterocycles. The highest BCUT2D eigenvalue weighted by Gasteiger charge is 2.00. The summed E-state index contributed by atoms with van der Waals surface area (Å²) in [5.74, 6) is 0.660. The van der Waals surface area contributed by atoms with Crippen molar-refractivity contribution in [3.05, 3.63) is 29.8 Å². The van der Waals surface area contributed by atoms with Gasteiger partial charge in [0, 0.05) is 6.61 Å². The molecule has 72 valence electrons. The van der Waals surface area contributed by atoms with Gasteiger partial charge in [-0.05, 0) is 36.5 Å². The molecule has 0 saturated heterocycles. The molecule has 0 aliphatic heterocycles. The van der Waals surface area contributed by atoms with E-state index in [0.29, 0.717) is 11.7 Å². The molecule has 0 bridgehead atoms. The average Bonchev–Trinajstić information content (AvgIpc) is 2.16. The molecule has 0 aliphatic rings. The summed E-state index contributed by atoms with van der Waals surface area (Å²) >= 11 is 0. The van der Waals surface area contributed by atoms with Gasteiger partial charge in [0.25, 0.3) is 0 Å². The highest BCUT2D eigenvalue weighted by molar-refractivity contribution is 5.25. The average molecular weight is 180 g/mol. The van der Waals surface area contributed by atoms with Crippen LogP contribution in [0.5, 0.6) is 5.75 Å². The highest BCUT2D eigenvalue weighted by atomic mass is 16.3. The maximum absolute atomic E-state index is 9.04. The number of phenols is 1. The lowest BCUT2D eigenvalue weighted by atomic mass is 10.0. The van der Waals surface area contributed by atoms with Gasteiger partial charge in [-0.3, -0.25) is 0 Å². The van der Waals surface area contributed by atoms with Crippen LogP contribution in [0.4, 0.5) is 0 Å². The maximum Gasteiger partial charge on any atom is 0.115 e. The Labute approximate surface area is 78.8 Å². The zero-order valence-electron chi connectivity index (χ0n) is 7.90. The summed E-state index contributed by atoms with van der Waals surface area (Å²) in [5.41, 5.74) is 1.21. The van der Waals surface area contributed by atoms with Crippen molar-refractivity contribution < 1.29 is 10.2 Å². The van der Waals surface area contributed by atoms with Crippen LogP contribution in [0.2, 0.25) is 0 Å². The first-order valence-corrected chi connectivity index (χ1v) is 4.61. The van der Waals surface area contributed by atoms with E-state index in [1.54, 1.807) is 12.1 Å². The minimum atomic E-state index is 0.248. The van der Waals surface area contributed by atoms with Crippen molar-refractivity contribution in [3.8, 4) is 5.75 Å². The molecule has 13 heavy (non-hydrogen) atoms. The topological polar surface area (TPSA) is 40.5 Å². The van der Waals surface area contributed by atoms with Crippen LogP contribution in [0.3, 0.4) is 0 Å². The molecule has 1 aromatic rings. The number of aliphatic hydroxyl groups is 1. The molecule has 0 amide bonds. The standard InChI is InChI=1S/C11H16O2/c1-9(8-12)2-3-10-4-6-11(13)7-5-10/h4-7,9,12-13H,2-3,8H2,1H3. The Morgan fingerprint density at radius 3 is 2.38 bits per heavy atom. The summed E-state index contributed by atoms with van der Waals surface area (Å²) in [6, 6.07) is 7.22. The second-order valence-corrected chi connectivity index (χ2v) is 3.49. The van der Waals surface area contributed by atoms with E-state index in [1.807, 2.05) is 19.1 Å². The first kappa shape index (κ1) is 10.1. The summed E-state index contributed by atoms with van der Waals surface area (Å²) in [6.07, 6.45) is 1.95. The van der Waals surface area contributed by atoms with E-state index >= 15 is 0 Å². The Bertz CT molecular complexity index is 241. The van der Waals surface area contributed by atoms with E-state index in [2.05, 4.69) is 0 Å². The number of hydrogen-bond acceptors (Lipinski definition) is 2. The van der Waals surface area contributed by atoms with E-state index in [4.69, 9.17) is 10.2 Å². The molecule has 0 fully saturated rings. The van der Waals surface area contributed by atoms with Crippen LogP contribution in [0, 0.1) is 5.92 Å². The van der Waals surface area contributed by atoms with Gasteiger partial charge in [0.2, 0.25) is 0 Å². The van der Waals surface area contributed by atoms with Crippen LogP contribution in [0.25, 0.3) is 0 Å². The number of aromatic hydroxyl groups is 1. The fourth-order valence-corrected chi connectivity index (χ4v) is 1.17. The summed E-state index contributed by atoms with van der Waals surface area (Å²) < 4.78 is 0. The number of aryl methyl sites for hydroxylation is 1. The molecule has 0 radical (unpaired) electrons. The number of aliphatic hydroxyl groups excluding tert-OH is 1. The third-order valence-corrected chi connectivity index (χ3v) is 2.17. The molecule has 0 saturated carbocycles. The number of rotatable bonds is 4. The monoisotopic (exact) mass is 180 g/mol. The molecule has 0 aromatic heterocycles. The van der Waals surface area contributed by atoms with Gasteiger partial charge < -0.3 is 10.2 Å². The molecular formula is C11H16O2. The van der Waals surface area contributed by atoms with Crippen LogP contribution in [0.15, 0.2) is 24.3 Å². The van der Waals surface area contributed by atoms with Crippen molar-refractivity contribution in [1.82, 2.24) is 0 Å². The predicted octanol–water partition coefficient (Wildman–Crippen LogP) is 1.95. The first-order chi connectivity index (χ1) is 6.22. The summed E-state index contributed by atoms with van der Waals surface area (Å²) in [5, 5.41) is 17.9. The molecule has 1 aromatic carbocycles. The first-order valence-electron chi connectivity index (χ1n) is 4.61. The van der Waals surface area contributed by atoms with Gasteiger partial charge in [0.1, 0.15) is 5.75 Å². The SMILES string of the molecule is CC(CO)CCc1ccc(O)cc1. The molecule has 1 unspecified atom stereocenters. The van der Waals surface area contributed by atoms with Crippen LogP contribution < -0.4 is 0 Å². The normalized spacial score (nSPS) is 12.8. The lowest BCUT2D eigenvalue weighted by Crippen LogP contribution is -2.01. The summed E-state index contributed by atoms with van der Waals surface area (Å²) in [4.78, 5) is 0. The largest absolute Gasteiger partial charge is 0.508 e. The Kier molecular flexibility index (Phi) is 3.77. The number of benzene rings is 1. The zero-order chi connectivity index (χ0) is 9.68. The predicted molar refractivity (Wildman–Crippen MR) is 52.7 cm³/mol. The maximum atomic E-state index is 9.04. The van der Waals surface area contributed by atoms with Gasteiger partial charge in [0.15, 0.2) is 0 Å². The van der Waals surface area contributed by atoms with Crippen molar-refractivity contribution in [1.29, 1.82) is 0 Å². The van der Waals surface area contributed by atoms with E-state index in [0.717, 1.165) is 12.8 Å². The molecule has 1 atom stereocenters. The molecule has 2 heteroatoms. The van der Waals surface area contributed by atoms with Crippen molar-refractivity contribution >= 4 is 0 Å². The van der Waals surface area contributed by atoms with Crippen molar-refractivity contribution in [3.63, 3.8) is 0 Å². The van der Waals surface area contributed by atoms with Crippen LogP contribution >= 0.6 is 0 Å². The minimum Gasteiger partial charge on any atom is -0.508 e. The molecule has 1 rings (SSSR count). The van der Waals surface area contributed by atoms with E-state index in [1.165, 1.54) is 5.56 Å². The van der Waals surface area contributed by atoms with Gasteiger partial charge in [-0.1, -0.05) is 19.1 Å². The second-order valence-electron chi connectivity index (χ2n) is 3.49. The van der Waals surface area contributed by atoms with Gasteiger partial charge in [-0.15, -0.1) is 0 Å². The molecule has 2 N–H and O–H groups in total. The minimum absolute atomic E-state index is 0.248. The highest BCUT2D eigenvalue weighted by Crippen LogP contribution is 2.13. The fraction of sp³-hybridized carbons (Fsp3) is 0.455.